The van der Waals surface area contributed by atoms with E-state index in [0.717, 1.165) is 16.4 Å². The lowest BCUT2D eigenvalue weighted by molar-refractivity contribution is -0.384. The van der Waals surface area contributed by atoms with Crippen molar-refractivity contribution >= 4 is 39.9 Å². The molecule has 2 heterocycles. The van der Waals surface area contributed by atoms with Crippen LogP contribution in [0.1, 0.15) is 17.2 Å². The summed E-state index contributed by atoms with van der Waals surface area (Å²) in [6.07, 6.45) is -0.170. The number of rotatable bonds is 7. The van der Waals surface area contributed by atoms with Crippen molar-refractivity contribution in [2.45, 2.75) is 18.0 Å². The number of nitro groups is 1. The third-order valence-electron chi connectivity index (χ3n) is 8.23. The monoisotopic (exact) mass is 567 g/mol. The van der Waals surface area contributed by atoms with Gasteiger partial charge < -0.3 is 14.9 Å². The fourth-order valence-corrected chi connectivity index (χ4v) is 6.38. The van der Waals surface area contributed by atoms with Crippen LogP contribution in [0.2, 0.25) is 0 Å². The number of imide groups is 1. The maximum atomic E-state index is 14.2. The van der Waals surface area contributed by atoms with Crippen LogP contribution in [0.3, 0.4) is 0 Å². The molecule has 4 atom stereocenters. The fraction of sp³-hybridized carbons (Fsp3) is 0.194. The van der Waals surface area contributed by atoms with Crippen molar-refractivity contribution < 1.29 is 34.3 Å². The van der Waals surface area contributed by atoms with E-state index in [1.54, 1.807) is 24.3 Å². The van der Waals surface area contributed by atoms with Crippen molar-refractivity contribution in [1.82, 2.24) is 5.32 Å². The Hall–Kier alpha value is -5.29. The van der Waals surface area contributed by atoms with Gasteiger partial charge in [-0.1, -0.05) is 48.5 Å². The SMILES string of the molecule is COc1ccc(C2NC(Cc3ccc(O)cc3)(C(=O)O)C3C(=O)N(c4cccc([N+](=O)[O-])c4)C(=O)C23)c2ccccc12. The molecule has 6 rings (SSSR count). The highest BCUT2D eigenvalue weighted by atomic mass is 16.6. The van der Waals surface area contributed by atoms with Crippen LogP contribution >= 0.6 is 0 Å². The Morgan fingerprint density at radius 1 is 1.00 bits per heavy atom. The van der Waals surface area contributed by atoms with E-state index in [1.807, 2.05) is 24.3 Å². The molecule has 42 heavy (non-hydrogen) atoms. The summed E-state index contributed by atoms with van der Waals surface area (Å²) in [6.45, 7) is 0. The molecular weight excluding hydrogens is 542 g/mol. The second kappa shape index (κ2) is 9.96. The minimum Gasteiger partial charge on any atom is -0.508 e. The summed E-state index contributed by atoms with van der Waals surface area (Å²) in [4.78, 5) is 53.2. The van der Waals surface area contributed by atoms with E-state index in [1.165, 1.54) is 37.4 Å². The Balaban J connectivity index is 1.55. The molecular formula is C31H25N3O8. The minimum absolute atomic E-state index is 0.00383. The highest BCUT2D eigenvalue weighted by molar-refractivity contribution is 6.24. The van der Waals surface area contributed by atoms with E-state index in [9.17, 15) is 34.7 Å². The molecule has 0 aromatic heterocycles. The maximum Gasteiger partial charge on any atom is 0.325 e. The predicted molar refractivity (Wildman–Crippen MR) is 151 cm³/mol. The number of aromatic hydroxyl groups is 1. The first-order valence-corrected chi connectivity index (χ1v) is 13.1. The van der Waals surface area contributed by atoms with Gasteiger partial charge in [0, 0.05) is 30.0 Å². The number of nitrogens with one attached hydrogen (secondary N) is 1. The zero-order valence-electron chi connectivity index (χ0n) is 22.3. The second-order valence-corrected chi connectivity index (χ2v) is 10.4. The topological polar surface area (TPSA) is 159 Å². The van der Waals surface area contributed by atoms with Crippen molar-refractivity contribution in [3.8, 4) is 11.5 Å². The van der Waals surface area contributed by atoms with Gasteiger partial charge in [0.2, 0.25) is 11.8 Å². The van der Waals surface area contributed by atoms with Crippen LogP contribution < -0.4 is 15.0 Å². The van der Waals surface area contributed by atoms with Gasteiger partial charge in [-0.25, -0.2) is 4.90 Å². The number of amides is 2. The summed E-state index contributed by atoms with van der Waals surface area (Å²) in [7, 11) is 1.54. The summed E-state index contributed by atoms with van der Waals surface area (Å²) in [5, 5.41) is 36.7. The van der Waals surface area contributed by atoms with E-state index in [0.29, 0.717) is 22.3 Å². The minimum atomic E-state index is -1.92. The summed E-state index contributed by atoms with van der Waals surface area (Å²) >= 11 is 0. The Bertz CT molecular complexity index is 1770. The number of phenolic OH excluding ortho intramolecular Hbond substituents is 1. The summed E-state index contributed by atoms with van der Waals surface area (Å²) in [5.74, 6) is -4.65. The standard InChI is InChI=1S/C31H25N3O8/c1-42-24-14-13-23(21-7-2-3-8-22(21)24)27-25-26(31(32-27,30(38)39)16-17-9-11-20(35)12-10-17)29(37)33(28(25)36)18-5-4-6-19(15-18)34(40)41/h2-15,25-27,32,35H,16H2,1H3,(H,38,39). The number of carbonyl (C=O) groups excluding carboxylic acids is 2. The lowest BCUT2D eigenvalue weighted by Crippen LogP contribution is -2.57. The van der Waals surface area contributed by atoms with Crippen molar-refractivity contribution in [2.24, 2.45) is 11.8 Å². The van der Waals surface area contributed by atoms with Gasteiger partial charge in [0.05, 0.1) is 29.6 Å². The highest BCUT2D eigenvalue weighted by Crippen LogP contribution is 2.52. The number of nitrogens with zero attached hydrogens (tertiary/aromatic N) is 2. The van der Waals surface area contributed by atoms with Crippen LogP contribution in [-0.4, -0.2) is 45.6 Å². The lowest BCUT2D eigenvalue weighted by Gasteiger charge is -2.31. The van der Waals surface area contributed by atoms with Crippen LogP contribution in [0.4, 0.5) is 11.4 Å². The van der Waals surface area contributed by atoms with Crippen molar-refractivity contribution in [1.29, 1.82) is 0 Å². The number of anilines is 1. The summed E-state index contributed by atoms with van der Waals surface area (Å²) in [6, 6.07) is 21.0. The van der Waals surface area contributed by atoms with Gasteiger partial charge in [-0.15, -0.1) is 0 Å². The molecule has 0 radical (unpaired) electrons. The number of non-ortho nitro benzene ring substituents is 1. The van der Waals surface area contributed by atoms with Crippen LogP contribution in [0.15, 0.2) is 84.9 Å². The van der Waals surface area contributed by atoms with E-state index in [4.69, 9.17) is 4.74 Å². The molecule has 0 bridgehead atoms. The number of aliphatic carboxylic acids is 1. The van der Waals surface area contributed by atoms with Crippen LogP contribution in [-0.2, 0) is 20.8 Å². The number of methoxy groups -OCH3 is 1. The van der Waals surface area contributed by atoms with Gasteiger partial charge >= 0.3 is 5.97 Å². The zero-order valence-corrected chi connectivity index (χ0v) is 22.3. The molecule has 11 heteroatoms. The van der Waals surface area contributed by atoms with Gasteiger partial charge in [-0.3, -0.25) is 29.8 Å². The molecule has 2 fully saturated rings. The number of fused-ring (bicyclic) bond motifs is 2. The fourth-order valence-electron chi connectivity index (χ4n) is 6.38. The molecule has 3 N–H and O–H groups in total. The predicted octanol–water partition coefficient (Wildman–Crippen LogP) is 3.98. The van der Waals surface area contributed by atoms with Crippen LogP contribution in [0.25, 0.3) is 10.8 Å². The zero-order chi connectivity index (χ0) is 29.8. The normalized spacial score (nSPS) is 23.3. The molecule has 4 aromatic rings. The summed E-state index contributed by atoms with van der Waals surface area (Å²) < 4.78 is 5.52. The first-order valence-electron chi connectivity index (χ1n) is 13.1. The second-order valence-electron chi connectivity index (χ2n) is 10.4. The number of nitro benzene ring substituents is 1. The van der Waals surface area contributed by atoms with Crippen LogP contribution in [0, 0.1) is 22.0 Å². The Kier molecular flexibility index (Phi) is 6.38. The first kappa shape index (κ1) is 26.9. The van der Waals surface area contributed by atoms with Crippen molar-refractivity contribution in [3.05, 3.63) is 106 Å². The number of hydrogen-bond donors (Lipinski definition) is 3. The number of carbonyl (C=O) groups is 3. The van der Waals surface area contributed by atoms with Crippen LogP contribution in [0.5, 0.6) is 11.5 Å². The Morgan fingerprint density at radius 2 is 1.71 bits per heavy atom. The number of carboxylic acids is 1. The van der Waals surface area contributed by atoms with Crippen molar-refractivity contribution in [3.63, 3.8) is 0 Å². The summed E-state index contributed by atoms with van der Waals surface area (Å²) in [5.41, 5.74) is -1.10. The molecule has 0 aliphatic carbocycles. The third-order valence-corrected chi connectivity index (χ3v) is 8.23. The van der Waals surface area contributed by atoms with E-state index in [2.05, 4.69) is 5.32 Å². The van der Waals surface area contributed by atoms with Crippen molar-refractivity contribution in [2.75, 3.05) is 12.0 Å². The smallest absolute Gasteiger partial charge is 0.325 e. The molecule has 4 unspecified atom stereocenters. The number of carboxylic acid groups (broad SMARTS) is 1. The van der Waals surface area contributed by atoms with E-state index < -0.39 is 46.1 Å². The first-order chi connectivity index (χ1) is 20.2. The number of benzene rings is 4. The molecule has 2 aliphatic heterocycles. The highest BCUT2D eigenvalue weighted by Gasteiger charge is 2.68. The Morgan fingerprint density at radius 3 is 2.38 bits per heavy atom. The Labute approximate surface area is 239 Å². The quantitative estimate of drug-likeness (QED) is 0.171. The number of phenols is 1. The van der Waals surface area contributed by atoms with E-state index in [-0.39, 0.29) is 23.5 Å². The third kappa shape index (κ3) is 4.05. The largest absolute Gasteiger partial charge is 0.508 e. The average molecular weight is 568 g/mol. The van der Waals surface area contributed by atoms with Gasteiger partial charge in [-0.2, -0.15) is 0 Å². The maximum absolute atomic E-state index is 14.2. The molecule has 0 saturated carbocycles. The average Bonchev–Trinajstić information content (AvgIpc) is 3.47. The molecule has 2 saturated heterocycles. The number of ether oxygens (including phenoxy) is 1. The molecule has 0 spiro atoms. The van der Waals surface area contributed by atoms with Gasteiger partial charge in [-0.05, 0) is 40.8 Å². The molecule has 4 aromatic carbocycles. The van der Waals surface area contributed by atoms with Gasteiger partial charge in [0.25, 0.3) is 5.69 Å². The number of hydrogen-bond acceptors (Lipinski definition) is 8. The van der Waals surface area contributed by atoms with Gasteiger partial charge in [0.1, 0.15) is 17.0 Å². The molecule has 2 aliphatic rings. The van der Waals surface area contributed by atoms with Gasteiger partial charge in [0.15, 0.2) is 0 Å². The molecule has 212 valence electrons. The lowest BCUT2D eigenvalue weighted by atomic mass is 9.76. The van der Waals surface area contributed by atoms with E-state index >= 15 is 0 Å². The molecule has 2 amide bonds. The molecule has 11 nitrogen and oxygen atoms in total.